The number of hydrogen-bond donors (Lipinski definition) is 8. The Balaban J connectivity index is 0.000000323. The molecule has 0 aliphatic rings. The second-order valence-electron chi connectivity index (χ2n) is 9.02. The van der Waals surface area contributed by atoms with Crippen LogP contribution in [0.4, 0.5) is 0 Å². The van der Waals surface area contributed by atoms with Crippen molar-refractivity contribution in [3.8, 4) is 17.2 Å². The molecule has 2 unspecified atom stereocenters. The van der Waals surface area contributed by atoms with E-state index in [-0.39, 0.29) is 29.4 Å². The Morgan fingerprint density at radius 2 is 1.31 bits per heavy atom. The van der Waals surface area contributed by atoms with Crippen LogP contribution in [0.25, 0.3) is 0 Å². The predicted molar refractivity (Wildman–Crippen MR) is 125 cm³/mol. The van der Waals surface area contributed by atoms with E-state index in [1.807, 2.05) is 34.6 Å². The molecule has 0 fully saturated rings. The van der Waals surface area contributed by atoms with E-state index in [2.05, 4.69) is 10.6 Å². The molecule has 0 saturated heterocycles. The van der Waals surface area contributed by atoms with Gasteiger partial charge in [-0.2, -0.15) is 0 Å². The lowest BCUT2D eigenvalue weighted by molar-refractivity contribution is 0.163. The van der Waals surface area contributed by atoms with Gasteiger partial charge >= 0.3 is 0 Å². The second-order valence-corrected chi connectivity index (χ2v) is 9.02. The number of phenols is 3. The zero-order chi connectivity index (χ0) is 24.5. The third-order valence-corrected chi connectivity index (χ3v) is 4.59. The van der Waals surface area contributed by atoms with Crippen molar-refractivity contribution in [1.29, 1.82) is 0 Å². The summed E-state index contributed by atoms with van der Waals surface area (Å²) in [6.45, 7) is 10.7. The molecule has 32 heavy (non-hydrogen) atoms. The SMILES string of the molecule is CC(C)(C)NCC(O)c1ccc(O)c(CO)c1.CC(C)NCC(O)c1ccc(O)c(O)c1. The maximum atomic E-state index is 9.97. The highest BCUT2D eigenvalue weighted by Gasteiger charge is 2.14. The third-order valence-electron chi connectivity index (χ3n) is 4.59. The average Bonchev–Trinajstić information content (AvgIpc) is 2.72. The van der Waals surface area contributed by atoms with E-state index in [1.54, 1.807) is 18.2 Å². The van der Waals surface area contributed by atoms with Crippen LogP contribution in [-0.2, 0) is 6.61 Å². The number of aromatic hydroxyl groups is 3. The van der Waals surface area contributed by atoms with E-state index < -0.39 is 12.2 Å². The molecule has 0 heterocycles. The Morgan fingerprint density at radius 1 is 0.781 bits per heavy atom. The highest BCUT2D eigenvalue weighted by atomic mass is 16.3. The Morgan fingerprint density at radius 3 is 1.81 bits per heavy atom. The number of phenolic OH excluding ortho intramolecular Hbond substituents is 2. The first-order valence-corrected chi connectivity index (χ1v) is 10.6. The number of nitrogens with one attached hydrogen (secondary N) is 2. The lowest BCUT2D eigenvalue weighted by atomic mass is 10.0. The number of hydrogen-bond acceptors (Lipinski definition) is 8. The quantitative estimate of drug-likeness (QED) is 0.286. The lowest BCUT2D eigenvalue weighted by Gasteiger charge is -2.23. The molecule has 2 atom stereocenters. The second kappa shape index (κ2) is 12.6. The van der Waals surface area contributed by atoms with E-state index in [0.29, 0.717) is 35.8 Å². The minimum absolute atomic E-state index is 0.0484. The zero-order valence-corrected chi connectivity index (χ0v) is 19.5. The van der Waals surface area contributed by atoms with Crippen molar-refractivity contribution < 1.29 is 30.6 Å². The molecule has 8 heteroatoms. The normalized spacial score (nSPS) is 13.4. The maximum Gasteiger partial charge on any atom is 0.157 e. The van der Waals surface area contributed by atoms with Gasteiger partial charge in [0.05, 0.1) is 18.8 Å². The minimum atomic E-state index is -0.682. The lowest BCUT2D eigenvalue weighted by Crippen LogP contribution is -2.38. The fourth-order valence-electron chi connectivity index (χ4n) is 2.67. The average molecular weight is 451 g/mol. The Bertz CT molecular complexity index is 836. The van der Waals surface area contributed by atoms with Crippen molar-refractivity contribution in [3.63, 3.8) is 0 Å². The van der Waals surface area contributed by atoms with Crippen molar-refractivity contribution >= 4 is 0 Å². The number of benzene rings is 2. The molecule has 0 bridgehead atoms. The number of β-amino-alcohol motifs (C(OH)–C–C–N with tert-alkyl or cyclic N) is 1. The van der Waals surface area contributed by atoms with Gasteiger partial charge in [0, 0.05) is 30.2 Å². The fraction of sp³-hybridized carbons (Fsp3) is 0.500. The van der Waals surface area contributed by atoms with Gasteiger partial charge < -0.3 is 41.3 Å². The Hall–Kier alpha value is -2.36. The van der Waals surface area contributed by atoms with Crippen LogP contribution in [-0.4, -0.2) is 55.3 Å². The van der Waals surface area contributed by atoms with Crippen molar-refractivity contribution in [2.45, 2.75) is 65.0 Å². The van der Waals surface area contributed by atoms with Crippen molar-refractivity contribution in [3.05, 3.63) is 53.1 Å². The molecule has 0 aliphatic carbocycles. The van der Waals surface area contributed by atoms with Gasteiger partial charge in [0.1, 0.15) is 5.75 Å². The maximum absolute atomic E-state index is 9.97. The first-order valence-electron chi connectivity index (χ1n) is 10.6. The topological polar surface area (TPSA) is 145 Å². The standard InChI is InChI=1S/C13H21NO3.C11H17NO3/c1-13(2,3)14-7-12(17)9-4-5-11(16)10(6-9)8-15;1-7(2)12-6-11(15)8-3-4-9(13)10(14)5-8/h4-6,12,14-17H,7-8H2,1-3H3;3-5,7,11-15H,6H2,1-2H3. The third kappa shape index (κ3) is 9.84. The largest absolute Gasteiger partial charge is 0.508 e. The molecule has 8 N–H and O–H groups in total. The van der Waals surface area contributed by atoms with Crippen LogP contribution in [0.15, 0.2) is 36.4 Å². The molecule has 0 aliphatic heterocycles. The number of rotatable bonds is 8. The molecule has 2 aromatic rings. The smallest absolute Gasteiger partial charge is 0.157 e. The summed E-state index contributed by atoms with van der Waals surface area (Å²) in [6, 6.07) is 9.37. The van der Waals surface area contributed by atoms with Crippen molar-refractivity contribution in [1.82, 2.24) is 10.6 Å². The summed E-state index contributed by atoms with van der Waals surface area (Å²) in [5.74, 6) is -0.342. The van der Waals surface area contributed by atoms with Gasteiger partial charge in [-0.15, -0.1) is 0 Å². The molecule has 180 valence electrons. The summed E-state index contributed by atoms with van der Waals surface area (Å²) >= 11 is 0. The molecular formula is C24H38N2O6. The highest BCUT2D eigenvalue weighted by molar-refractivity contribution is 5.41. The summed E-state index contributed by atoms with van der Waals surface area (Å²) in [6.07, 6.45) is -1.33. The van der Waals surface area contributed by atoms with Crippen molar-refractivity contribution in [2.75, 3.05) is 13.1 Å². The monoisotopic (exact) mass is 450 g/mol. The summed E-state index contributed by atoms with van der Waals surface area (Å²) in [5, 5.41) is 62.8. The highest BCUT2D eigenvalue weighted by Crippen LogP contribution is 2.27. The van der Waals surface area contributed by atoms with Gasteiger partial charge in [-0.05, 0) is 56.2 Å². The van der Waals surface area contributed by atoms with Gasteiger partial charge in [-0.25, -0.2) is 0 Å². The molecule has 0 aromatic heterocycles. The van der Waals surface area contributed by atoms with Crippen LogP contribution < -0.4 is 10.6 Å². The van der Waals surface area contributed by atoms with Gasteiger partial charge in [-0.3, -0.25) is 0 Å². The van der Waals surface area contributed by atoms with Crippen LogP contribution in [0.5, 0.6) is 17.2 Å². The Kier molecular flexibility index (Phi) is 10.9. The van der Waals surface area contributed by atoms with E-state index >= 15 is 0 Å². The van der Waals surface area contributed by atoms with Gasteiger partial charge in [0.25, 0.3) is 0 Å². The van der Waals surface area contributed by atoms with Gasteiger partial charge in [0.2, 0.25) is 0 Å². The van der Waals surface area contributed by atoms with Crippen LogP contribution >= 0.6 is 0 Å². The fourth-order valence-corrected chi connectivity index (χ4v) is 2.67. The zero-order valence-electron chi connectivity index (χ0n) is 19.5. The van der Waals surface area contributed by atoms with E-state index in [9.17, 15) is 20.4 Å². The van der Waals surface area contributed by atoms with Crippen LogP contribution in [0.1, 0.15) is 63.5 Å². The van der Waals surface area contributed by atoms with Crippen LogP contribution in [0.2, 0.25) is 0 Å². The van der Waals surface area contributed by atoms with E-state index in [4.69, 9.17) is 10.2 Å². The summed E-state index contributed by atoms with van der Waals surface area (Å²) in [4.78, 5) is 0. The molecule has 0 amide bonds. The van der Waals surface area contributed by atoms with E-state index in [1.165, 1.54) is 18.2 Å². The van der Waals surface area contributed by atoms with Crippen LogP contribution in [0, 0.1) is 0 Å². The molecule has 2 rings (SSSR count). The molecule has 0 radical (unpaired) electrons. The van der Waals surface area contributed by atoms with Crippen LogP contribution in [0.3, 0.4) is 0 Å². The van der Waals surface area contributed by atoms with Gasteiger partial charge in [-0.1, -0.05) is 26.0 Å². The molecule has 0 saturated carbocycles. The first-order chi connectivity index (χ1) is 14.8. The molecule has 0 spiro atoms. The summed E-state index contributed by atoms with van der Waals surface area (Å²) in [5.41, 5.74) is 1.64. The molecule has 8 nitrogen and oxygen atoms in total. The summed E-state index contributed by atoms with van der Waals surface area (Å²) in [7, 11) is 0. The number of aliphatic hydroxyl groups excluding tert-OH is 3. The van der Waals surface area contributed by atoms with Crippen molar-refractivity contribution in [2.24, 2.45) is 0 Å². The molecular weight excluding hydrogens is 412 g/mol. The minimum Gasteiger partial charge on any atom is -0.508 e. The number of aliphatic hydroxyl groups is 3. The van der Waals surface area contributed by atoms with E-state index in [0.717, 1.165) is 0 Å². The first kappa shape index (κ1) is 27.7. The Labute approximate surface area is 190 Å². The predicted octanol–water partition coefficient (Wildman–Crippen LogP) is 2.44. The summed E-state index contributed by atoms with van der Waals surface area (Å²) < 4.78 is 0. The molecule has 2 aromatic carbocycles. The van der Waals surface area contributed by atoms with Gasteiger partial charge in [0.15, 0.2) is 11.5 Å².